The van der Waals surface area contributed by atoms with E-state index in [4.69, 9.17) is 4.74 Å². The Balaban J connectivity index is 1.69. The van der Waals surface area contributed by atoms with Crippen molar-refractivity contribution in [3.8, 4) is 0 Å². The molecule has 2 fully saturated rings. The number of ether oxygens (including phenoxy) is 1. The Hall–Kier alpha value is -0.570. The van der Waals surface area contributed by atoms with E-state index in [1.54, 1.807) is 0 Å². The van der Waals surface area contributed by atoms with Crippen LogP contribution in [0.25, 0.3) is 0 Å². The van der Waals surface area contributed by atoms with E-state index in [9.17, 15) is 4.79 Å². The van der Waals surface area contributed by atoms with Gasteiger partial charge in [0, 0.05) is 26.1 Å². The summed E-state index contributed by atoms with van der Waals surface area (Å²) in [5.74, 6) is 0.668. The molecule has 0 aromatic rings. The second kappa shape index (κ2) is 7.13. The highest BCUT2D eigenvalue weighted by molar-refractivity contribution is 5.78. The largest absolute Gasteiger partial charge is 0.378 e. The lowest BCUT2D eigenvalue weighted by Crippen LogP contribution is -2.36. The van der Waals surface area contributed by atoms with Crippen molar-refractivity contribution in [1.82, 2.24) is 4.90 Å². The fraction of sp³-hybridized carbons (Fsp3) is 0.933. The molecule has 1 amide bonds. The van der Waals surface area contributed by atoms with Gasteiger partial charge in [0.2, 0.25) is 5.91 Å². The van der Waals surface area contributed by atoms with Crippen molar-refractivity contribution in [1.29, 1.82) is 0 Å². The lowest BCUT2D eigenvalue weighted by atomic mass is 9.88. The summed E-state index contributed by atoms with van der Waals surface area (Å²) in [6.07, 6.45) is 11.0. The van der Waals surface area contributed by atoms with Gasteiger partial charge in [0.1, 0.15) is 0 Å². The first-order valence-corrected chi connectivity index (χ1v) is 7.64. The summed E-state index contributed by atoms with van der Waals surface area (Å²) >= 11 is 0. The topological polar surface area (TPSA) is 29.5 Å². The summed E-state index contributed by atoms with van der Waals surface area (Å²) in [4.78, 5) is 14.2. The number of carbonyl (C=O) groups excluding carboxylic acids is 1. The maximum atomic E-state index is 12.3. The number of hydrogen-bond donors (Lipinski definition) is 0. The van der Waals surface area contributed by atoms with Crippen LogP contribution in [0.4, 0.5) is 0 Å². The standard InChI is InChI=1S/C15H27NO2/c1-16(11-10-14-9-5-6-12-18-14)15(17)13-7-3-2-4-8-13/h13-14H,2-12H2,1H3. The van der Waals surface area contributed by atoms with Crippen LogP contribution in [0.3, 0.4) is 0 Å². The van der Waals surface area contributed by atoms with Gasteiger partial charge >= 0.3 is 0 Å². The molecule has 1 unspecified atom stereocenters. The van der Waals surface area contributed by atoms with E-state index in [-0.39, 0.29) is 0 Å². The summed E-state index contributed by atoms with van der Waals surface area (Å²) in [7, 11) is 1.96. The normalized spacial score (nSPS) is 25.9. The van der Waals surface area contributed by atoms with Crippen molar-refractivity contribution in [2.75, 3.05) is 20.2 Å². The van der Waals surface area contributed by atoms with Gasteiger partial charge in [-0.15, -0.1) is 0 Å². The molecular weight excluding hydrogens is 226 g/mol. The van der Waals surface area contributed by atoms with Crippen LogP contribution >= 0.6 is 0 Å². The Labute approximate surface area is 111 Å². The van der Waals surface area contributed by atoms with Gasteiger partial charge in [0.05, 0.1) is 6.10 Å². The Bertz CT molecular complexity index is 255. The molecule has 0 N–H and O–H groups in total. The lowest BCUT2D eigenvalue weighted by Gasteiger charge is -2.28. The zero-order valence-corrected chi connectivity index (χ0v) is 11.7. The van der Waals surface area contributed by atoms with Crippen molar-refractivity contribution < 1.29 is 9.53 Å². The molecule has 0 radical (unpaired) electrons. The third kappa shape index (κ3) is 3.98. The monoisotopic (exact) mass is 253 g/mol. The molecule has 2 aliphatic rings. The molecule has 1 atom stereocenters. The molecular formula is C15H27NO2. The van der Waals surface area contributed by atoms with Crippen molar-refractivity contribution >= 4 is 5.91 Å². The fourth-order valence-corrected chi connectivity index (χ4v) is 3.14. The minimum absolute atomic E-state index is 0.302. The first-order chi connectivity index (χ1) is 8.77. The minimum Gasteiger partial charge on any atom is -0.378 e. The van der Waals surface area contributed by atoms with Gasteiger partial charge in [0.25, 0.3) is 0 Å². The van der Waals surface area contributed by atoms with Crippen LogP contribution in [0.1, 0.15) is 57.8 Å². The number of amides is 1. The highest BCUT2D eigenvalue weighted by Crippen LogP contribution is 2.25. The zero-order valence-electron chi connectivity index (χ0n) is 11.7. The van der Waals surface area contributed by atoms with Gasteiger partial charge in [-0.1, -0.05) is 19.3 Å². The molecule has 1 aliphatic carbocycles. The minimum atomic E-state index is 0.302. The van der Waals surface area contributed by atoms with E-state index < -0.39 is 0 Å². The maximum absolute atomic E-state index is 12.3. The average Bonchev–Trinajstić information content (AvgIpc) is 2.46. The Morgan fingerprint density at radius 1 is 1.11 bits per heavy atom. The van der Waals surface area contributed by atoms with E-state index in [0.717, 1.165) is 32.4 Å². The average molecular weight is 253 g/mol. The van der Waals surface area contributed by atoms with E-state index >= 15 is 0 Å². The Morgan fingerprint density at radius 3 is 2.50 bits per heavy atom. The molecule has 2 rings (SSSR count). The fourth-order valence-electron chi connectivity index (χ4n) is 3.14. The van der Waals surface area contributed by atoms with Crippen LogP contribution in [0.5, 0.6) is 0 Å². The van der Waals surface area contributed by atoms with Crippen molar-refractivity contribution in [3.63, 3.8) is 0 Å². The molecule has 0 bridgehead atoms. The van der Waals surface area contributed by atoms with Crippen molar-refractivity contribution in [3.05, 3.63) is 0 Å². The van der Waals surface area contributed by atoms with Crippen LogP contribution in [0.15, 0.2) is 0 Å². The van der Waals surface area contributed by atoms with Crippen LogP contribution < -0.4 is 0 Å². The first kappa shape index (κ1) is 13.9. The molecule has 18 heavy (non-hydrogen) atoms. The van der Waals surface area contributed by atoms with Gasteiger partial charge in [-0.3, -0.25) is 4.79 Å². The van der Waals surface area contributed by atoms with Crippen LogP contribution in [0.2, 0.25) is 0 Å². The molecule has 1 heterocycles. The van der Waals surface area contributed by atoms with Gasteiger partial charge < -0.3 is 9.64 Å². The third-order valence-electron chi connectivity index (χ3n) is 4.39. The molecule has 0 spiro atoms. The first-order valence-electron chi connectivity index (χ1n) is 7.64. The summed E-state index contributed by atoms with van der Waals surface area (Å²) in [6, 6.07) is 0. The highest BCUT2D eigenvalue weighted by Gasteiger charge is 2.24. The van der Waals surface area contributed by atoms with Crippen molar-refractivity contribution in [2.24, 2.45) is 5.92 Å². The van der Waals surface area contributed by atoms with Gasteiger partial charge in [-0.05, 0) is 38.5 Å². The highest BCUT2D eigenvalue weighted by atomic mass is 16.5. The molecule has 3 heteroatoms. The molecule has 0 aromatic heterocycles. The predicted molar refractivity (Wildman–Crippen MR) is 72.4 cm³/mol. The molecule has 1 saturated carbocycles. The molecule has 1 saturated heterocycles. The zero-order chi connectivity index (χ0) is 12.8. The van der Waals surface area contributed by atoms with Crippen LogP contribution in [-0.4, -0.2) is 37.1 Å². The number of hydrogen-bond acceptors (Lipinski definition) is 2. The number of carbonyl (C=O) groups is 1. The molecule has 1 aliphatic heterocycles. The predicted octanol–water partition coefficient (Wildman–Crippen LogP) is 2.98. The third-order valence-corrected chi connectivity index (χ3v) is 4.39. The second-order valence-corrected chi connectivity index (χ2v) is 5.87. The molecule has 104 valence electrons. The lowest BCUT2D eigenvalue weighted by molar-refractivity contribution is -0.135. The van der Waals surface area contributed by atoms with Gasteiger partial charge in [0.15, 0.2) is 0 Å². The smallest absolute Gasteiger partial charge is 0.225 e. The summed E-state index contributed by atoms with van der Waals surface area (Å²) in [5, 5.41) is 0. The molecule has 0 aromatic carbocycles. The van der Waals surface area contributed by atoms with Gasteiger partial charge in [-0.2, -0.15) is 0 Å². The van der Waals surface area contributed by atoms with Crippen molar-refractivity contribution in [2.45, 2.75) is 63.9 Å². The summed E-state index contributed by atoms with van der Waals surface area (Å²) in [5.41, 5.74) is 0. The number of rotatable bonds is 4. The van der Waals surface area contributed by atoms with E-state index in [1.807, 2.05) is 11.9 Å². The SMILES string of the molecule is CN(CCC1CCCCO1)C(=O)C1CCCCC1. The number of nitrogens with zero attached hydrogens (tertiary/aromatic N) is 1. The quantitative estimate of drug-likeness (QED) is 0.771. The second-order valence-electron chi connectivity index (χ2n) is 5.87. The van der Waals surface area contributed by atoms with E-state index in [2.05, 4.69) is 0 Å². The van der Waals surface area contributed by atoms with Crippen LogP contribution in [-0.2, 0) is 9.53 Å². The molecule has 3 nitrogen and oxygen atoms in total. The van der Waals surface area contributed by atoms with E-state index in [1.165, 1.54) is 38.5 Å². The van der Waals surface area contributed by atoms with Gasteiger partial charge in [-0.25, -0.2) is 0 Å². The Morgan fingerprint density at radius 2 is 1.83 bits per heavy atom. The summed E-state index contributed by atoms with van der Waals surface area (Å²) < 4.78 is 5.72. The maximum Gasteiger partial charge on any atom is 0.225 e. The summed E-state index contributed by atoms with van der Waals surface area (Å²) in [6.45, 7) is 1.77. The Kier molecular flexibility index (Phi) is 5.48. The van der Waals surface area contributed by atoms with Crippen LogP contribution in [0, 0.1) is 5.92 Å². The van der Waals surface area contributed by atoms with E-state index in [0.29, 0.717) is 17.9 Å².